The van der Waals surface area contributed by atoms with Crippen molar-refractivity contribution < 1.29 is 22.7 Å². The molecule has 3 aromatic carbocycles. The molecule has 0 unspecified atom stereocenters. The maximum absolute atomic E-state index is 13.0. The molecule has 3 aromatic rings. The van der Waals surface area contributed by atoms with E-state index in [9.17, 15) is 18.0 Å². The number of alkyl halides is 3. The standard InChI is InChI=1S/C26H24BrF3N2O2/c27-23-8-3-9-24(16-23)34-18-20-5-1-6-21(14-20)25(33)32-12-10-31(11-13-32)17-19-4-2-7-22(15-19)26(28,29)30/h1-9,14-16H,10-13,17-18H2. The second-order valence-electron chi connectivity index (χ2n) is 8.21. The molecule has 1 heterocycles. The first-order valence-electron chi connectivity index (χ1n) is 10.9. The molecule has 4 rings (SSSR count). The highest BCUT2D eigenvalue weighted by molar-refractivity contribution is 9.10. The van der Waals surface area contributed by atoms with Crippen molar-refractivity contribution >= 4 is 21.8 Å². The molecule has 4 nitrogen and oxygen atoms in total. The maximum Gasteiger partial charge on any atom is 0.416 e. The van der Waals surface area contributed by atoms with Gasteiger partial charge in [-0.1, -0.05) is 52.3 Å². The van der Waals surface area contributed by atoms with Crippen LogP contribution in [0.4, 0.5) is 13.2 Å². The quantitative estimate of drug-likeness (QED) is 0.390. The predicted octanol–water partition coefficient (Wildman–Crippen LogP) is 6.00. The Bertz CT molecular complexity index is 1140. The van der Waals surface area contributed by atoms with Crippen LogP contribution in [0.25, 0.3) is 0 Å². The molecule has 1 fully saturated rings. The van der Waals surface area contributed by atoms with Crippen LogP contribution in [0, 0.1) is 0 Å². The molecule has 34 heavy (non-hydrogen) atoms. The van der Waals surface area contributed by atoms with E-state index in [1.165, 1.54) is 12.1 Å². The minimum atomic E-state index is -4.35. The van der Waals surface area contributed by atoms with Crippen LogP contribution in [0.3, 0.4) is 0 Å². The van der Waals surface area contributed by atoms with Crippen LogP contribution in [0.15, 0.2) is 77.3 Å². The van der Waals surface area contributed by atoms with Gasteiger partial charge in [-0.05, 0) is 47.5 Å². The smallest absolute Gasteiger partial charge is 0.416 e. The van der Waals surface area contributed by atoms with Crippen molar-refractivity contribution in [2.45, 2.75) is 19.3 Å². The third-order valence-electron chi connectivity index (χ3n) is 5.70. The number of ether oxygens (including phenoxy) is 1. The molecule has 0 radical (unpaired) electrons. The number of carbonyl (C=O) groups excluding carboxylic acids is 1. The zero-order valence-electron chi connectivity index (χ0n) is 18.4. The zero-order valence-corrected chi connectivity index (χ0v) is 20.0. The lowest BCUT2D eigenvalue weighted by molar-refractivity contribution is -0.137. The highest BCUT2D eigenvalue weighted by Gasteiger charge is 2.30. The normalized spacial score (nSPS) is 14.8. The Balaban J connectivity index is 1.31. The number of carbonyl (C=O) groups is 1. The van der Waals surface area contributed by atoms with Crippen molar-refractivity contribution in [3.8, 4) is 5.75 Å². The summed E-state index contributed by atoms with van der Waals surface area (Å²) in [5.41, 5.74) is 1.48. The molecule has 0 bridgehead atoms. The number of halogens is 4. The fourth-order valence-corrected chi connectivity index (χ4v) is 4.29. The molecule has 1 saturated heterocycles. The van der Waals surface area contributed by atoms with Gasteiger partial charge in [0, 0.05) is 42.8 Å². The van der Waals surface area contributed by atoms with Crippen molar-refractivity contribution in [3.05, 3.63) is 99.5 Å². The number of benzene rings is 3. The number of hydrogen-bond donors (Lipinski definition) is 0. The molecule has 1 aliphatic heterocycles. The first-order valence-corrected chi connectivity index (χ1v) is 11.7. The monoisotopic (exact) mass is 532 g/mol. The van der Waals surface area contributed by atoms with E-state index in [0.29, 0.717) is 50.5 Å². The SMILES string of the molecule is O=C(c1cccc(COc2cccc(Br)c2)c1)N1CCN(Cc2cccc(C(F)(F)F)c2)CC1. The number of rotatable bonds is 6. The number of hydrogen-bond acceptors (Lipinski definition) is 3. The van der Waals surface area contributed by atoms with Gasteiger partial charge in [-0.25, -0.2) is 0 Å². The number of piperazine rings is 1. The third kappa shape index (κ3) is 6.39. The third-order valence-corrected chi connectivity index (χ3v) is 6.19. The number of nitrogens with zero attached hydrogens (tertiary/aromatic N) is 2. The lowest BCUT2D eigenvalue weighted by atomic mass is 10.1. The van der Waals surface area contributed by atoms with Crippen LogP contribution < -0.4 is 4.74 Å². The van der Waals surface area contributed by atoms with Crippen LogP contribution in [0.5, 0.6) is 5.75 Å². The van der Waals surface area contributed by atoms with Gasteiger partial charge >= 0.3 is 6.18 Å². The Morgan fingerprint density at radius 2 is 1.59 bits per heavy atom. The van der Waals surface area contributed by atoms with Crippen molar-refractivity contribution in [1.82, 2.24) is 9.80 Å². The van der Waals surface area contributed by atoms with Crippen LogP contribution >= 0.6 is 15.9 Å². The molecule has 178 valence electrons. The Labute approximate surface area is 205 Å². The van der Waals surface area contributed by atoms with Crippen molar-refractivity contribution in [2.75, 3.05) is 26.2 Å². The molecular weight excluding hydrogens is 509 g/mol. The van der Waals surface area contributed by atoms with E-state index >= 15 is 0 Å². The van der Waals surface area contributed by atoms with Crippen LogP contribution in [-0.4, -0.2) is 41.9 Å². The summed E-state index contributed by atoms with van der Waals surface area (Å²) in [6, 6.07) is 20.4. The van der Waals surface area contributed by atoms with Gasteiger partial charge in [0.1, 0.15) is 12.4 Å². The lowest BCUT2D eigenvalue weighted by Crippen LogP contribution is -2.48. The van der Waals surface area contributed by atoms with Crippen molar-refractivity contribution in [3.63, 3.8) is 0 Å². The molecular formula is C26H24BrF3N2O2. The first-order chi connectivity index (χ1) is 16.3. The summed E-state index contributed by atoms with van der Waals surface area (Å²) in [7, 11) is 0. The molecule has 8 heteroatoms. The average Bonchev–Trinajstić information content (AvgIpc) is 2.83. The van der Waals surface area contributed by atoms with Crippen molar-refractivity contribution in [2.24, 2.45) is 0 Å². The van der Waals surface area contributed by atoms with E-state index in [1.54, 1.807) is 17.0 Å². The molecule has 0 saturated carbocycles. The lowest BCUT2D eigenvalue weighted by Gasteiger charge is -2.35. The molecule has 0 aromatic heterocycles. The van der Waals surface area contributed by atoms with Crippen molar-refractivity contribution in [1.29, 1.82) is 0 Å². The van der Waals surface area contributed by atoms with Gasteiger partial charge in [-0.2, -0.15) is 13.2 Å². The Hall–Kier alpha value is -2.84. The highest BCUT2D eigenvalue weighted by Crippen LogP contribution is 2.30. The zero-order chi connectivity index (χ0) is 24.1. The summed E-state index contributed by atoms with van der Waals surface area (Å²) in [4.78, 5) is 16.9. The van der Waals surface area contributed by atoms with E-state index in [1.807, 2.05) is 42.5 Å². The summed E-state index contributed by atoms with van der Waals surface area (Å²) in [5, 5.41) is 0. The fourth-order valence-electron chi connectivity index (χ4n) is 3.91. The molecule has 1 aliphatic rings. The van der Waals surface area contributed by atoms with E-state index in [-0.39, 0.29) is 5.91 Å². The molecule has 0 atom stereocenters. The average molecular weight is 533 g/mol. The van der Waals surface area contributed by atoms with Gasteiger partial charge < -0.3 is 9.64 Å². The van der Waals surface area contributed by atoms with Gasteiger partial charge in [0.05, 0.1) is 5.56 Å². The summed E-state index contributed by atoms with van der Waals surface area (Å²) >= 11 is 3.42. The topological polar surface area (TPSA) is 32.8 Å². The second-order valence-corrected chi connectivity index (χ2v) is 9.13. The minimum absolute atomic E-state index is 0.0528. The van der Waals surface area contributed by atoms with E-state index in [2.05, 4.69) is 20.8 Å². The van der Waals surface area contributed by atoms with Gasteiger partial charge in [0.2, 0.25) is 0 Å². The fraction of sp³-hybridized carbons (Fsp3) is 0.269. The van der Waals surface area contributed by atoms with E-state index in [0.717, 1.165) is 21.9 Å². The van der Waals surface area contributed by atoms with Crippen LogP contribution in [0.2, 0.25) is 0 Å². The van der Waals surface area contributed by atoms with Crippen LogP contribution in [-0.2, 0) is 19.3 Å². The van der Waals surface area contributed by atoms with E-state index in [4.69, 9.17) is 4.74 Å². The molecule has 0 spiro atoms. The van der Waals surface area contributed by atoms with Crippen LogP contribution in [0.1, 0.15) is 27.0 Å². The van der Waals surface area contributed by atoms with Gasteiger partial charge in [0.15, 0.2) is 0 Å². The largest absolute Gasteiger partial charge is 0.489 e. The maximum atomic E-state index is 13.0. The molecule has 0 aliphatic carbocycles. The second kappa shape index (κ2) is 10.6. The Morgan fingerprint density at radius 3 is 2.32 bits per heavy atom. The molecule has 1 amide bonds. The Kier molecular flexibility index (Phi) is 7.58. The first kappa shape index (κ1) is 24.3. The summed E-state index contributed by atoms with van der Waals surface area (Å²) in [6.07, 6.45) is -4.35. The molecule has 0 N–H and O–H groups in total. The highest BCUT2D eigenvalue weighted by atomic mass is 79.9. The summed E-state index contributed by atoms with van der Waals surface area (Å²) in [6.45, 7) is 3.03. The Morgan fingerprint density at radius 1 is 0.882 bits per heavy atom. The minimum Gasteiger partial charge on any atom is -0.489 e. The number of amides is 1. The van der Waals surface area contributed by atoms with Gasteiger partial charge in [0.25, 0.3) is 5.91 Å². The van der Waals surface area contributed by atoms with E-state index < -0.39 is 11.7 Å². The predicted molar refractivity (Wildman–Crippen MR) is 128 cm³/mol. The van der Waals surface area contributed by atoms with Gasteiger partial charge in [-0.15, -0.1) is 0 Å². The van der Waals surface area contributed by atoms with Gasteiger partial charge in [-0.3, -0.25) is 9.69 Å². The summed E-state index contributed by atoms with van der Waals surface area (Å²) < 4.78 is 45.6. The summed E-state index contributed by atoms with van der Waals surface area (Å²) in [5.74, 6) is 0.686.